The normalized spacial score (nSPS) is 18.6. The maximum Gasteiger partial charge on any atom is 0.246 e. The van der Waals surface area contributed by atoms with E-state index in [2.05, 4.69) is 4.90 Å². The highest BCUT2D eigenvalue weighted by Gasteiger charge is 2.40. The van der Waals surface area contributed by atoms with E-state index in [1.165, 1.54) is 0 Å². The summed E-state index contributed by atoms with van der Waals surface area (Å²) in [5, 5.41) is 0. The van der Waals surface area contributed by atoms with Gasteiger partial charge in [-0.2, -0.15) is 0 Å². The fourth-order valence-electron chi connectivity index (χ4n) is 4.25. The SMILES string of the molecule is CCC(=O)N1c2ccccc2CC1C(=O)N1CCN(c2ccc(OC)cc2)CC1. The minimum absolute atomic E-state index is 0.00479. The summed E-state index contributed by atoms with van der Waals surface area (Å²) in [5.41, 5.74) is 3.09. The number of nitrogens with zero attached hydrogens (tertiary/aromatic N) is 3. The molecule has 0 saturated carbocycles. The van der Waals surface area contributed by atoms with Crippen LogP contribution in [0.4, 0.5) is 11.4 Å². The third-order valence-corrected chi connectivity index (χ3v) is 5.86. The van der Waals surface area contributed by atoms with Gasteiger partial charge in [-0.15, -0.1) is 0 Å². The molecular formula is C23H27N3O3. The van der Waals surface area contributed by atoms with Crippen molar-refractivity contribution >= 4 is 23.2 Å². The molecule has 4 rings (SSSR count). The second-order valence-electron chi connectivity index (χ2n) is 7.48. The van der Waals surface area contributed by atoms with Gasteiger partial charge in [0.2, 0.25) is 11.8 Å². The van der Waals surface area contributed by atoms with Crippen LogP contribution in [0.25, 0.3) is 0 Å². The zero-order chi connectivity index (χ0) is 20.4. The minimum atomic E-state index is -0.424. The highest BCUT2D eigenvalue weighted by Crippen LogP contribution is 2.33. The van der Waals surface area contributed by atoms with E-state index in [1.54, 1.807) is 12.0 Å². The fraction of sp³-hybridized carbons (Fsp3) is 0.391. The molecular weight excluding hydrogens is 366 g/mol. The third-order valence-electron chi connectivity index (χ3n) is 5.86. The Hall–Kier alpha value is -3.02. The van der Waals surface area contributed by atoms with Gasteiger partial charge in [-0.1, -0.05) is 25.1 Å². The van der Waals surface area contributed by atoms with Crippen LogP contribution in [-0.2, 0) is 16.0 Å². The van der Waals surface area contributed by atoms with E-state index in [0.29, 0.717) is 25.9 Å². The Labute approximate surface area is 171 Å². The molecule has 1 fully saturated rings. The van der Waals surface area contributed by atoms with Crippen LogP contribution in [0.15, 0.2) is 48.5 Å². The van der Waals surface area contributed by atoms with Crippen molar-refractivity contribution in [2.24, 2.45) is 0 Å². The number of ether oxygens (including phenoxy) is 1. The van der Waals surface area contributed by atoms with E-state index in [4.69, 9.17) is 4.74 Å². The number of anilines is 2. The lowest BCUT2D eigenvalue weighted by molar-refractivity contribution is -0.134. The van der Waals surface area contributed by atoms with Crippen LogP contribution < -0.4 is 14.5 Å². The van der Waals surface area contributed by atoms with E-state index in [1.807, 2.05) is 60.4 Å². The summed E-state index contributed by atoms with van der Waals surface area (Å²) in [6.07, 6.45) is 0.989. The lowest BCUT2D eigenvalue weighted by atomic mass is 10.1. The molecule has 2 amide bonds. The molecule has 2 aromatic carbocycles. The first-order valence-electron chi connectivity index (χ1n) is 10.2. The molecule has 0 aliphatic carbocycles. The average molecular weight is 393 g/mol. The predicted octanol–water partition coefficient (Wildman–Crippen LogP) is 2.71. The third kappa shape index (κ3) is 3.67. The van der Waals surface area contributed by atoms with E-state index in [-0.39, 0.29) is 11.8 Å². The van der Waals surface area contributed by atoms with Gasteiger partial charge in [0, 0.05) is 50.4 Å². The average Bonchev–Trinajstić information content (AvgIpc) is 3.18. The standard InChI is InChI=1S/C23H27N3O3/c1-3-22(27)26-20-7-5-4-6-17(20)16-21(26)23(28)25-14-12-24(13-15-25)18-8-10-19(29-2)11-9-18/h4-11,21H,3,12-16H2,1-2H3. The Morgan fingerprint density at radius 1 is 1.00 bits per heavy atom. The van der Waals surface area contributed by atoms with E-state index < -0.39 is 6.04 Å². The largest absolute Gasteiger partial charge is 0.497 e. The molecule has 0 aromatic heterocycles. The second-order valence-corrected chi connectivity index (χ2v) is 7.48. The number of hydrogen-bond donors (Lipinski definition) is 0. The minimum Gasteiger partial charge on any atom is -0.497 e. The number of rotatable bonds is 4. The number of carbonyl (C=O) groups is 2. The molecule has 2 aliphatic heterocycles. The lowest BCUT2D eigenvalue weighted by Gasteiger charge is -2.38. The second kappa shape index (κ2) is 8.15. The van der Waals surface area contributed by atoms with Gasteiger partial charge < -0.3 is 14.5 Å². The van der Waals surface area contributed by atoms with Crippen molar-refractivity contribution in [1.29, 1.82) is 0 Å². The molecule has 6 nitrogen and oxygen atoms in total. The van der Waals surface area contributed by atoms with Gasteiger partial charge in [-0.05, 0) is 35.9 Å². The molecule has 152 valence electrons. The van der Waals surface area contributed by atoms with E-state index >= 15 is 0 Å². The Balaban J connectivity index is 1.44. The molecule has 0 N–H and O–H groups in total. The zero-order valence-electron chi connectivity index (χ0n) is 17.0. The van der Waals surface area contributed by atoms with Gasteiger partial charge in [0.05, 0.1) is 7.11 Å². The molecule has 2 aromatic rings. The number of piperazine rings is 1. The molecule has 0 radical (unpaired) electrons. The van der Waals surface area contributed by atoms with Gasteiger partial charge in [0.1, 0.15) is 11.8 Å². The Kier molecular flexibility index (Phi) is 5.43. The number of methoxy groups -OCH3 is 1. The van der Waals surface area contributed by atoms with Crippen LogP contribution in [0.3, 0.4) is 0 Å². The first-order chi connectivity index (χ1) is 14.1. The Bertz CT molecular complexity index is 888. The molecule has 1 atom stereocenters. The molecule has 0 bridgehead atoms. The van der Waals surface area contributed by atoms with Crippen LogP contribution in [-0.4, -0.2) is 56.0 Å². The van der Waals surface area contributed by atoms with Crippen LogP contribution in [0, 0.1) is 0 Å². The summed E-state index contributed by atoms with van der Waals surface area (Å²) in [4.78, 5) is 31.8. The topological polar surface area (TPSA) is 53.1 Å². The Morgan fingerprint density at radius 3 is 2.34 bits per heavy atom. The van der Waals surface area contributed by atoms with Crippen molar-refractivity contribution < 1.29 is 14.3 Å². The monoisotopic (exact) mass is 393 g/mol. The molecule has 2 aliphatic rings. The summed E-state index contributed by atoms with van der Waals surface area (Å²) < 4.78 is 5.22. The number of para-hydroxylation sites is 1. The molecule has 1 unspecified atom stereocenters. The van der Waals surface area contributed by atoms with Crippen LogP contribution in [0.5, 0.6) is 5.75 Å². The zero-order valence-corrected chi connectivity index (χ0v) is 17.0. The molecule has 0 spiro atoms. The van der Waals surface area contributed by atoms with Crippen LogP contribution in [0.2, 0.25) is 0 Å². The van der Waals surface area contributed by atoms with Gasteiger partial charge in [0.15, 0.2) is 0 Å². The number of hydrogen-bond acceptors (Lipinski definition) is 4. The lowest BCUT2D eigenvalue weighted by Crippen LogP contribution is -2.55. The van der Waals surface area contributed by atoms with Crippen LogP contribution >= 0.6 is 0 Å². The highest BCUT2D eigenvalue weighted by atomic mass is 16.5. The molecule has 2 heterocycles. The summed E-state index contributed by atoms with van der Waals surface area (Å²) in [6, 6.07) is 15.4. The van der Waals surface area contributed by atoms with Crippen molar-refractivity contribution in [3.05, 3.63) is 54.1 Å². The van der Waals surface area contributed by atoms with Crippen molar-refractivity contribution in [3.63, 3.8) is 0 Å². The Morgan fingerprint density at radius 2 is 1.69 bits per heavy atom. The summed E-state index contributed by atoms with van der Waals surface area (Å²) in [7, 11) is 1.66. The molecule has 29 heavy (non-hydrogen) atoms. The van der Waals surface area contributed by atoms with Crippen molar-refractivity contribution in [3.8, 4) is 5.75 Å². The van der Waals surface area contributed by atoms with Gasteiger partial charge >= 0.3 is 0 Å². The summed E-state index contributed by atoms with van der Waals surface area (Å²) >= 11 is 0. The quantitative estimate of drug-likeness (QED) is 0.802. The van der Waals surface area contributed by atoms with Gasteiger partial charge in [-0.3, -0.25) is 14.5 Å². The first kappa shape index (κ1) is 19.3. The summed E-state index contributed by atoms with van der Waals surface area (Å²) in [6.45, 7) is 4.72. The number of benzene rings is 2. The fourth-order valence-corrected chi connectivity index (χ4v) is 4.25. The number of carbonyl (C=O) groups excluding carboxylic acids is 2. The van der Waals surface area contributed by atoms with Crippen molar-refractivity contribution in [1.82, 2.24) is 4.90 Å². The van der Waals surface area contributed by atoms with Gasteiger partial charge in [-0.25, -0.2) is 0 Å². The number of amides is 2. The molecule has 6 heteroatoms. The van der Waals surface area contributed by atoms with Gasteiger partial charge in [0.25, 0.3) is 0 Å². The van der Waals surface area contributed by atoms with E-state index in [0.717, 1.165) is 35.8 Å². The predicted molar refractivity (Wildman–Crippen MR) is 113 cm³/mol. The summed E-state index contributed by atoms with van der Waals surface area (Å²) in [5.74, 6) is 0.895. The molecule has 1 saturated heterocycles. The van der Waals surface area contributed by atoms with Crippen molar-refractivity contribution in [2.75, 3.05) is 43.1 Å². The van der Waals surface area contributed by atoms with Crippen LogP contribution in [0.1, 0.15) is 18.9 Å². The maximum atomic E-state index is 13.3. The van der Waals surface area contributed by atoms with Crippen molar-refractivity contribution in [2.45, 2.75) is 25.8 Å². The smallest absolute Gasteiger partial charge is 0.246 e. The van der Waals surface area contributed by atoms with E-state index in [9.17, 15) is 9.59 Å². The maximum absolute atomic E-state index is 13.3. The first-order valence-corrected chi connectivity index (χ1v) is 10.2. The highest BCUT2D eigenvalue weighted by molar-refractivity contribution is 6.03. The number of fused-ring (bicyclic) bond motifs is 1.